The lowest BCUT2D eigenvalue weighted by atomic mass is 10.2. The van der Waals surface area contributed by atoms with Gasteiger partial charge in [0, 0.05) is 0 Å². The Kier molecular flexibility index (Phi) is 4.01. The fraction of sp³-hybridized carbons (Fsp3) is 0.800. The third-order valence-electron chi connectivity index (χ3n) is 1.86. The fourth-order valence-corrected chi connectivity index (χ4v) is 2.03. The zero-order valence-corrected chi connectivity index (χ0v) is 11.0. The summed E-state index contributed by atoms with van der Waals surface area (Å²) in [6, 6.07) is -3.05. The Morgan fingerprint density at radius 1 is 1.59 bits per heavy atom. The standard InChI is InChI=1S/C10H16F2N2O2S/c1-6-10(11,12)14-7(17-6)5-13-8(15)16-9(2,3)4/h6H,5H2,1-4H3,(H,13,15). The van der Waals surface area contributed by atoms with Crippen molar-refractivity contribution in [2.45, 2.75) is 44.6 Å². The summed E-state index contributed by atoms with van der Waals surface area (Å²) < 4.78 is 31.0. The van der Waals surface area contributed by atoms with Crippen molar-refractivity contribution in [3.63, 3.8) is 0 Å². The minimum atomic E-state index is -3.05. The first-order chi connectivity index (χ1) is 7.60. The van der Waals surface area contributed by atoms with Gasteiger partial charge in [0.1, 0.15) is 5.60 Å². The van der Waals surface area contributed by atoms with E-state index in [9.17, 15) is 13.6 Å². The maximum atomic E-state index is 13.0. The summed E-state index contributed by atoms with van der Waals surface area (Å²) in [4.78, 5) is 14.5. The van der Waals surface area contributed by atoms with Crippen LogP contribution in [-0.4, -0.2) is 34.6 Å². The molecule has 7 heteroatoms. The van der Waals surface area contributed by atoms with E-state index in [0.717, 1.165) is 11.8 Å². The number of nitrogens with one attached hydrogen (secondary N) is 1. The number of rotatable bonds is 2. The number of carbonyl (C=O) groups excluding carboxylic acids is 1. The van der Waals surface area contributed by atoms with Crippen LogP contribution >= 0.6 is 11.8 Å². The summed E-state index contributed by atoms with van der Waals surface area (Å²) in [6.07, 6.45) is -0.635. The second-order valence-electron chi connectivity index (χ2n) is 4.71. The van der Waals surface area contributed by atoms with Crippen molar-refractivity contribution in [2.24, 2.45) is 4.99 Å². The second kappa shape index (κ2) is 4.80. The van der Waals surface area contributed by atoms with Crippen molar-refractivity contribution < 1.29 is 18.3 Å². The van der Waals surface area contributed by atoms with Crippen molar-refractivity contribution >= 4 is 22.9 Å². The van der Waals surface area contributed by atoms with Crippen LogP contribution in [0.1, 0.15) is 27.7 Å². The number of nitrogens with zero attached hydrogens (tertiary/aromatic N) is 1. The number of aliphatic imine (C=N–C) groups is 1. The number of alkyl halides is 2. The third kappa shape index (κ3) is 4.49. The Morgan fingerprint density at radius 3 is 2.59 bits per heavy atom. The minimum Gasteiger partial charge on any atom is -0.444 e. The van der Waals surface area contributed by atoms with Gasteiger partial charge >= 0.3 is 12.1 Å². The SMILES string of the molecule is CC1SC(CNC(=O)OC(C)(C)C)=NC1(F)F. The van der Waals surface area contributed by atoms with Crippen LogP contribution in [-0.2, 0) is 4.74 Å². The summed E-state index contributed by atoms with van der Waals surface area (Å²) in [5.41, 5.74) is -0.605. The number of amides is 1. The fourth-order valence-electron chi connectivity index (χ4n) is 1.10. The van der Waals surface area contributed by atoms with E-state index in [1.54, 1.807) is 20.8 Å². The van der Waals surface area contributed by atoms with Crippen LogP contribution in [0.15, 0.2) is 4.99 Å². The number of carbonyl (C=O) groups is 1. The molecule has 0 bridgehead atoms. The Labute approximate surface area is 103 Å². The van der Waals surface area contributed by atoms with E-state index in [-0.39, 0.29) is 11.6 Å². The van der Waals surface area contributed by atoms with Crippen molar-refractivity contribution in [1.29, 1.82) is 0 Å². The van der Waals surface area contributed by atoms with Gasteiger partial charge in [-0.15, -0.1) is 0 Å². The molecule has 0 aliphatic carbocycles. The first-order valence-corrected chi connectivity index (χ1v) is 6.08. The summed E-state index contributed by atoms with van der Waals surface area (Å²) in [7, 11) is 0. The van der Waals surface area contributed by atoms with E-state index in [2.05, 4.69) is 10.3 Å². The lowest BCUT2D eigenvalue weighted by molar-refractivity contribution is 0.0165. The van der Waals surface area contributed by atoms with Gasteiger partial charge in [-0.2, -0.15) is 8.78 Å². The van der Waals surface area contributed by atoms with Crippen LogP contribution in [0.4, 0.5) is 13.6 Å². The van der Waals surface area contributed by atoms with E-state index in [1.807, 2.05) is 0 Å². The smallest absolute Gasteiger partial charge is 0.407 e. The highest BCUT2D eigenvalue weighted by Crippen LogP contribution is 2.37. The van der Waals surface area contributed by atoms with Gasteiger partial charge in [0.2, 0.25) is 0 Å². The van der Waals surface area contributed by atoms with Gasteiger partial charge in [0.25, 0.3) is 0 Å². The van der Waals surface area contributed by atoms with Crippen LogP contribution < -0.4 is 5.32 Å². The van der Waals surface area contributed by atoms with Gasteiger partial charge in [0.15, 0.2) is 0 Å². The molecular formula is C10H16F2N2O2S. The number of hydrogen-bond acceptors (Lipinski definition) is 4. The molecule has 0 spiro atoms. The maximum absolute atomic E-state index is 13.0. The van der Waals surface area contributed by atoms with Crippen LogP contribution in [0.2, 0.25) is 0 Å². The third-order valence-corrected chi connectivity index (χ3v) is 3.00. The predicted molar refractivity (Wildman–Crippen MR) is 63.7 cm³/mol. The second-order valence-corrected chi connectivity index (χ2v) is 6.12. The number of hydrogen-bond donors (Lipinski definition) is 1. The molecule has 0 saturated carbocycles. The highest BCUT2D eigenvalue weighted by Gasteiger charge is 2.42. The van der Waals surface area contributed by atoms with Gasteiger partial charge in [-0.25, -0.2) is 9.79 Å². The largest absolute Gasteiger partial charge is 0.444 e. The first kappa shape index (κ1) is 14.2. The lowest BCUT2D eigenvalue weighted by Crippen LogP contribution is -2.34. The number of thioether (sulfide) groups is 1. The van der Waals surface area contributed by atoms with Crippen LogP contribution in [0.25, 0.3) is 0 Å². The topological polar surface area (TPSA) is 50.7 Å². The van der Waals surface area contributed by atoms with Crippen LogP contribution in [0.5, 0.6) is 0 Å². The van der Waals surface area contributed by atoms with E-state index in [4.69, 9.17) is 4.74 Å². The molecule has 0 fully saturated rings. The van der Waals surface area contributed by atoms with Crippen molar-refractivity contribution in [3.05, 3.63) is 0 Å². The number of ether oxygens (including phenoxy) is 1. The highest BCUT2D eigenvalue weighted by atomic mass is 32.2. The van der Waals surface area contributed by atoms with Gasteiger partial charge in [-0.3, -0.25) is 0 Å². The monoisotopic (exact) mass is 266 g/mol. The first-order valence-electron chi connectivity index (χ1n) is 5.20. The van der Waals surface area contributed by atoms with E-state index < -0.39 is 23.0 Å². The number of halogens is 2. The number of alkyl carbamates (subject to hydrolysis) is 1. The molecular weight excluding hydrogens is 250 g/mol. The average Bonchev–Trinajstić information content (AvgIpc) is 2.35. The zero-order valence-electron chi connectivity index (χ0n) is 10.2. The van der Waals surface area contributed by atoms with E-state index in [1.165, 1.54) is 6.92 Å². The van der Waals surface area contributed by atoms with Crippen molar-refractivity contribution in [2.75, 3.05) is 6.54 Å². The molecule has 0 aromatic heterocycles. The summed E-state index contributed by atoms with van der Waals surface area (Å²) >= 11 is 0.962. The van der Waals surface area contributed by atoms with E-state index in [0.29, 0.717) is 0 Å². The summed E-state index contributed by atoms with van der Waals surface area (Å²) in [6.45, 7) is 6.55. The van der Waals surface area contributed by atoms with Gasteiger partial charge in [-0.05, 0) is 27.7 Å². The summed E-state index contributed by atoms with van der Waals surface area (Å²) in [5, 5.41) is 1.72. The van der Waals surface area contributed by atoms with Crippen LogP contribution in [0.3, 0.4) is 0 Å². The molecule has 0 saturated heterocycles. The van der Waals surface area contributed by atoms with Crippen molar-refractivity contribution in [3.8, 4) is 0 Å². The molecule has 17 heavy (non-hydrogen) atoms. The highest BCUT2D eigenvalue weighted by molar-refractivity contribution is 8.14. The molecule has 0 radical (unpaired) electrons. The molecule has 4 nitrogen and oxygen atoms in total. The molecule has 1 rings (SSSR count). The normalized spacial score (nSPS) is 23.2. The molecule has 1 N–H and O–H groups in total. The molecule has 1 atom stereocenters. The molecule has 0 aromatic carbocycles. The molecule has 0 aromatic rings. The summed E-state index contributed by atoms with van der Waals surface area (Å²) in [5.74, 6) is 0. The van der Waals surface area contributed by atoms with Crippen molar-refractivity contribution in [1.82, 2.24) is 5.32 Å². The van der Waals surface area contributed by atoms with Gasteiger partial charge in [-0.1, -0.05) is 11.8 Å². The maximum Gasteiger partial charge on any atom is 0.407 e. The predicted octanol–water partition coefficient (Wildman–Crippen LogP) is 2.64. The zero-order chi connectivity index (χ0) is 13.3. The lowest BCUT2D eigenvalue weighted by Gasteiger charge is -2.19. The molecule has 1 amide bonds. The molecule has 98 valence electrons. The Bertz CT molecular complexity index is 340. The molecule has 1 heterocycles. The van der Waals surface area contributed by atoms with Gasteiger partial charge in [0.05, 0.1) is 16.8 Å². The van der Waals surface area contributed by atoms with E-state index >= 15 is 0 Å². The molecule has 1 aliphatic rings. The Balaban J connectivity index is 2.41. The molecule has 1 unspecified atom stereocenters. The Morgan fingerprint density at radius 2 is 2.18 bits per heavy atom. The Hall–Kier alpha value is -0.850. The van der Waals surface area contributed by atoms with Crippen LogP contribution in [0, 0.1) is 0 Å². The molecule has 1 aliphatic heterocycles. The van der Waals surface area contributed by atoms with Gasteiger partial charge < -0.3 is 10.1 Å². The average molecular weight is 266 g/mol. The quantitative estimate of drug-likeness (QED) is 0.782. The minimum absolute atomic E-state index is 0.0283.